The van der Waals surface area contributed by atoms with Gasteiger partial charge in [-0.1, -0.05) is 24.3 Å². The highest BCUT2D eigenvalue weighted by molar-refractivity contribution is 5.89. The van der Waals surface area contributed by atoms with E-state index in [0.717, 1.165) is 41.5 Å². The third kappa shape index (κ3) is 4.88. The first-order chi connectivity index (χ1) is 15.2. The Hall–Kier alpha value is -3.32. The van der Waals surface area contributed by atoms with E-state index in [0.29, 0.717) is 6.54 Å². The van der Waals surface area contributed by atoms with Gasteiger partial charge in [0.15, 0.2) is 0 Å². The number of nitrogens with zero attached hydrogens (tertiary/aromatic N) is 3. The lowest BCUT2D eigenvalue weighted by molar-refractivity contribution is 0.224. The number of aryl methyl sites for hydroxylation is 1. The first-order valence-electron chi connectivity index (χ1n) is 10.7. The minimum atomic E-state index is -0.228. The van der Waals surface area contributed by atoms with E-state index in [4.69, 9.17) is 4.74 Å². The Kier molecular flexibility index (Phi) is 6.52. The highest BCUT2D eigenvalue weighted by atomic mass is 16.5. The number of urea groups is 1. The summed E-state index contributed by atoms with van der Waals surface area (Å²) >= 11 is 0. The molecule has 162 valence electrons. The summed E-state index contributed by atoms with van der Waals surface area (Å²) in [6.45, 7) is 4.55. The molecular weight excluding hydrogens is 390 g/mol. The van der Waals surface area contributed by atoms with Gasteiger partial charge in [-0.2, -0.15) is 5.10 Å². The van der Waals surface area contributed by atoms with E-state index in [1.807, 2.05) is 60.1 Å². The molecule has 2 N–H and O–H groups in total. The Balaban J connectivity index is 1.44. The van der Waals surface area contributed by atoms with Crippen LogP contribution < -0.4 is 15.4 Å². The van der Waals surface area contributed by atoms with Crippen LogP contribution in [0.3, 0.4) is 0 Å². The summed E-state index contributed by atoms with van der Waals surface area (Å²) in [4.78, 5) is 15.1. The Morgan fingerprint density at radius 2 is 1.94 bits per heavy atom. The van der Waals surface area contributed by atoms with Gasteiger partial charge in [0, 0.05) is 29.7 Å². The Morgan fingerprint density at radius 1 is 1.13 bits per heavy atom. The average molecular weight is 420 g/mol. The number of methoxy groups -OCH3 is 1. The van der Waals surface area contributed by atoms with Crippen LogP contribution in [0.4, 0.5) is 10.5 Å². The van der Waals surface area contributed by atoms with Crippen molar-refractivity contribution in [3.63, 3.8) is 0 Å². The maximum atomic E-state index is 12.7. The molecule has 0 spiro atoms. The van der Waals surface area contributed by atoms with Gasteiger partial charge in [0.2, 0.25) is 0 Å². The predicted octanol–water partition coefficient (Wildman–Crippen LogP) is 4.15. The normalized spacial score (nSPS) is 14.9. The van der Waals surface area contributed by atoms with E-state index < -0.39 is 0 Å². The average Bonchev–Trinajstić information content (AvgIpc) is 3.46. The number of hydrogen-bond acceptors (Lipinski definition) is 4. The van der Waals surface area contributed by atoms with Gasteiger partial charge in [0.1, 0.15) is 5.75 Å². The van der Waals surface area contributed by atoms with Crippen LogP contribution in [0.2, 0.25) is 0 Å². The number of benzene rings is 2. The van der Waals surface area contributed by atoms with Crippen LogP contribution in [0.5, 0.6) is 5.75 Å². The van der Waals surface area contributed by atoms with Crippen LogP contribution in [0.1, 0.15) is 30.1 Å². The summed E-state index contributed by atoms with van der Waals surface area (Å²) in [6, 6.07) is 17.5. The molecule has 0 aliphatic carbocycles. The van der Waals surface area contributed by atoms with Crippen molar-refractivity contribution in [1.82, 2.24) is 20.0 Å². The van der Waals surface area contributed by atoms with Crippen molar-refractivity contribution in [2.45, 2.75) is 25.8 Å². The van der Waals surface area contributed by atoms with Gasteiger partial charge in [-0.3, -0.25) is 4.90 Å². The second-order valence-corrected chi connectivity index (χ2v) is 7.77. The van der Waals surface area contributed by atoms with E-state index in [1.54, 1.807) is 13.3 Å². The van der Waals surface area contributed by atoms with E-state index in [1.165, 1.54) is 12.8 Å². The zero-order chi connectivity index (χ0) is 21.6. The molecule has 1 aromatic heterocycles. The third-order valence-electron chi connectivity index (χ3n) is 5.72. The van der Waals surface area contributed by atoms with Crippen LogP contribution >= 0.6 is 0 Å². The largest absolute Gasteiger partial charge is 0.496 e. The molecular formula is C24H29N5O2. The van der Waals surface area contributed by atoms with Crippen molar-refractivity contribution >= 4 is 11.7 Å². The quantitative estimate of drug-likeness (QED) is 0.604. The molecule has 7 heteroatoms. The number of anilines is 1. The number of rotatable bonds is 7. The summed E-state index contributed by atoms with van der Waals surface area (Å²) in [7, 11) is 1.69. The Labute approximate surface area is 183 Å². The topological polar surface area (TPSA) is 71.4 Å². The van der Waals surface area contributed by atoms with E-state index in [2.05, 4.69) is 26.7 Å². The zero-order valence-corrected chi connectivity index (χ0v) is 18.0. The van der Waals surface area contributed by atoms with Crippen molar-refractivity contribution in [3.05, 3.63) is 72.1 Å². The highest BCUT2D eigenvalue weighted by Gasteiger charge is 2.26. The molecule has 1 aliphatic rings. The van der Waals surface area contributed by atoms with E-state index >= 15 is 0 Å². The number of para-hydroxylation sites is 1. The van der Waals surface area contributed by atoms with Crippen LogP contribution in [-0.2, 0) is 0 Å². The maximum Gasteiger partial charge on any atom is 0.319 e. The van der Waals surface area contributed by atoms with Gasteiger partial charge in [-0.15, -0.1) is 0 Å². The highest BCUT2D eigenvalue weighted by Crippen LogP contribution is 2.31. The Morgan fingerprint density at radius 3 is 2.68 bits per heavy atom. The number of amides is 2. The molecule has 0 bridgehead atoms. The number of aromatic nitrogens is 2. The SMILES string of the molecule is COc1ccccc1C(CNC(=O)Nc1cccc(-n2nccc2C)c1)N1CCCC1. The number of hydrogen-bond donors (Lipinski definition) is 2. The van der Waals surface area contributed by atoms with Gasteiger partial charge in [-0.25, -0.2) is 9.48 Å². The lowest BCUT2D eigenvalue weighted by Crippen LogP contribution is -2.38. The fraction of sp³-hybridized carbons (Fsp3) is 0.333. The molecule has 4 rings (SSSR count). The number of carbonyl (C=O) groups excluding carboxylic acids is 1. The molecule has 31 heavy (non-hydrogen) atoms. The lowest BCUT2D eigenvalue weighted by Gasteiger charge is -2.29. The van der Waals surface area contributed by atoms with Crippen molar-refractivity contribution in [2.24, 2.45) is 0 Å². The van der Waals surface area contributed by atoms with Crippen LogP contribution in [0.25, 0.3) is 5.69 Å². The summed E-state index contributed by atoms with van der Waals surface area (Å²) in [5, 5.41) is 10.3. The molecule has 1 unspecified atom stereocenters. The second-order valence-electron chi connectivity index (χ2n) is 7.77. The molecule has 0 saturated carbocycles. The zero-order valence-electron chi connectivity index (χ0n) is 18.0. The van der Waals surface area contributed by atoms with Crippen molar-refractivity contribution < 1.29 is 9.53 Å². The molecule has 1 saturated heterocycles. The molecule has 2 amide bonds. The van der Waals surface area contributed by atoms with E-state index in [9.17, 15) is 4.79 Å². The monoisotopic (exact) mass is 419 g/mol. The van der Waals surface area contributed by atoms with Crippen molar-refractivity contribution in [1.29, 1.82) is 0 Å². The molecule has 2 heterocycles. The molecule has 0 radical (unpaired) electrons. The second kappa shape index (κ2) is 9.66. The van der Waals surface area contributed by atoms with Gasteiger partial charge >= 0.3 is 6.03 Å². The summed E-state index contributed by atoms with van der Waals surface area (Å²) < 4.78 is 7.42. The molecule has 1 aliphatic heterocycles. The predicted molar refractivity (Wildman–Crippen MR) is 122 cm³/mol. The van der Waals surface area contributed by atoms with Crippen molar-refractivity contribution in [2.75, 3.05) is 32.1 Å². The molecule has 3 aromatic rings. The number of carbonyl (C=O) groups is 1. The molecule has 1 atom stereocenters. The summed E-state index contributed by atoms with van der Waals surface area (Å²) in [5.41, 5.74) is 3.76. The summed E-state index contributed by atoms with van der Waals surface area (Å²) in [6.07, 6.45) is 4.12. The smallest absolute Gasteiger partial charge is 0.319 e. The van der Waals surface area contributed by atoms with Crippen LogP contribution in [0.15, 0.2) is 60.8 Å². The van der Waals surface area contributed by atoms with Crippen LogP contribution in [0, 0.1) is 6.92 Å². The van der Waals surface area contributed by atoms with Gasteiger partial charge in [0.05, 0.1) is 18.8 Å². The van der Waals surface area contributed by atoms with Crippen LogP contribution in [-0.4, -0.2) is 47.5 Å². The number of nitrogens with one attached hydrogen (secondary N) is 2. The fourth-order valence-electron chi connectivity index (χ4n) is 4.15. The maximum absolute atomic E-state index is 12.7. The van der Waals surface area contributed by atoms with Gasteiger partial charge in [-0.05, 0) is 63.2 Å². The fourth-order valence-corrected chi connectivity index (χ4v) is 4.15. The third-order valence-corrected chi connectivity index (χ3v) is 5.72. The standard InChI is InChI=1S/C24H29N5O2/c1-18-12-13-26-29(18)20-9-7-8-19(16-20)27-24(30)25-17-22(28-14-5-6-15-28)21-10-3-4-11-23(21)31-2/h3-4,7-13,16,22H,5-6,14-15,17H2,1-2H3,(H2,25,27,30). The molecule has 7 nitrogen and oxygen atoms in total. The van der Waals surface area contributed by atoms with Gasteiger partial charge in [0.25, 0.3) is 0 Å². The number of likely N-dealkylation sites (tertiary alicyclic amines) is 1. The van der Waals surface area contributed by atoms with E-state index in [-0.39, 0.29) is 12.1 Å². The summed E-state index contributed by atoms with van der Waals surface area (Å²) in [5.74, 6) is 0.851. The lowest BCUT2D eigenvalue weighted by atomic mass is 10.0. The molecule has 2 aromatic carbocycles. The first-order valence-corrected chi connectivity index (χ1v) is 10.7. The minimum absolute atomic E-state index is 0.0717. The number of ether oxygens (including phenoxy) is 1. The first kappa shape index (κ1) is 20.9. The molecule has 1 fully saturated rings. The van der Waals surface area contributed by atoms with Crippen molar-refractivity contribution in [3.8, 4) is 11.4 Å². The van der Waals surface area contributed by atoms with Gasteiger partial charge < -0.3 is 15.4 Å². The minimum Gasteiger partial charge on any atom is -0.496 e. The Bertz CT molecular complexity index is 1030.